The van der Waals surface area contributed by atoms with Crippen molar-refractivity contribution in [3.63, 3.8) is 0 Å². The number of hydrogen-bond donors (Lipinski definition) is 1. The van der Waals surface area contributed by atoms with Crippen LogP contribution in [-0.2, 0) is 0 Å². The van der Waals surface area contributed by atoms with Crippen molar-refractivity contribution in [1.29, 1.82) is 0 Å². The van der Waals surface area contributed by atoms with Gasteiger partial charge in [-0.25, -0.2) is 0 Å². The highest BCUT2D eigenvalue weighted by Gasteiger charge is 2.28. The molecule has 2 aliphatic rings. The summed E-state index contributed by atoms with van der Waals surface area (Å²) in [5.41, 5.74) is 2.86. The highest BCUT2D eigenvalue weighted by Crippen LogP contribution is 2.43. The zero-order valence-electron chi connectivity index (χ0n) is 8.80. The Morgan fingerprint density at radius 2 is 2.20 bits per heavy atom. The molecule has 0 bridgehead atoms. The third kappa shape index (κ3) is 1.69. The lowest BCUT2D eigenvalue weighted by Crippen LogP contribution is -2.16. The Labute approximate surface area is 99.4 Å². The van der Waals surface area contributed by atoms with Gasteiger partial charge in [0.15, 0.2) is 0 Å². The van der Waals surface area contributed by atoms with Gasteiger partial charge in [-0.1, -0.05) is 31.4 Å². The van der Waals surface area contributed by atoms with E-state index in [1.165, 1.54) is 41.4 Å². The maximum absolute atomic E-state index is 3.61. The fraction of sp³-hybridized carbons (Fsp3) is 0.538. The van der Waals surface area contributed by atoms with Gasteiger partial charge in [-0.05, 0) is 39.9 Å². The Balaban J connectivity index is 1.81. The normalized spacial score (nSPS) is 24.5. The molecule has 1 aromatic rings. The summed E-state index contributed by atoms with van der Waals surface area (Å²) in [6.07, 6.45) is 5.76. The van der Waals surface area contributed by atoms with Gasteiger partial charge in [-0.2, -0.15) is 0 Å². The van der Waals surface area contributed by atoms with Crippen LogP contribution in [0.2, 0.25) is 0 Å². The molecular formula is C13H16BrN. The van der Waals surface area contributed by atoms with Crippen LogP contribution in [0.3, 0.4) is 0 Å². The van der Waals surface area contributed by atoms with Crippen LogP contribution in [0, 0.1) is 5.92 Å². The van der Waals surface area contributed by atoms with E-state index in [0.29, 0.717) is 0 Å². The van der Waals surface area contributed by atoms with Gasteiger partial charge in [-0.3, -0.25) is 0 Å². The smallest absolute Gasteiger partial charge is 0.0520 e. The standard InChI is InChI=1S/C13H16BrN/c14-12-6-2-5-11-10(8-15-13(11)12)7-9-3-1-4-9/h2,5-6,9-10,15H,1,3-4,7-8H2. The molecule has 0 spiro atoms. The van der Waals surface area contributed by atoms with Gasteiger partial charge in [0.1, 0.15) is 0 Å². The first-order chi connectivity index (χ1) is 7.34. The predicted octanol–water partition coefficient (Wildman–Crippen LogP) is 4.15. The number of para-hydroxylation sites is 1. The van der Waals surface area contributed by atoms with Crippen molar-refractivity contribution in [3.8, 4) is 0 Å². The largest absolute Gasteiger partial charge is 0.383 e. The number of fused-ring (bicyclic) bond motifs is 1. The third-order valence-electron chi connectivity index (χ3n) is 3.85. The molecule has 0 amide bonds. The van der Waals surface area contributed by atoms with E-state index in [-0.39, 0.29) is 0 Å². The van der Waals surface area contributed by atoms with Crippen LogP contribution in [0.25, 0.3) is 0 Å². The molecule has 3 rings (SSSR count). The lowest BCUT2D eigenvalue weighted by atomic mass is 9.78. The molecule has 1 fully saturated rings. The van der Waals surface area contributed by atoms with E-state index in [4.69, 9.17) is 0 Å². The zero-order chi connectivity index (χ0) is 10.3. The minimum Gasteiger partial charge on any atom is -0.383 e. The van der Waals surface area contributed by atoms with E-state index in [1.807, 2.05) is 0 Å². The molecular weight excluding hydrogens is 250 g/mol. The van der Waals surface area contributed by atoms with Gasteiger partial charge in [-0.15, -0.1) is 0 Å². The average molecular weight is 266 g/mol. The van der Waals surface area contributed by atoms with Crippen molar-refractivity contribution in [3.05, 3.63) is 28.2 Å². The number of benzene rings is 1. The molecule has 1 aliphatic heterocycles. The van der Waals surface area contributed by atoms with Crippen molar-refractivity contribution >= 4 is 21.6 Å². The van der Waals surface area contributed by atoms with E-state index in [9.17, 15) is 0 Å². The molecule has 80 valence electrons. The molecule has 2 heteroatoms. The lowest BCUT2D eigenvalue weighted by Gasteiger charge is -2.28. The highest BCUT2D eigenvalue weighted by molar-refractivity contribution is 9.10. The lowest BCUT2D eigenvalue weighted by molar-refractivity contribution is 0.280. The molecule has 1 aromatic carbocycles. The molecule has 0 radical (unpaired) electrons. The molecule has 15 heavy (non-hydrogen) atoms. The summed E-state index contributed by atoms with van der Waals surface area (Å²) in [7, 11) is 0. The van der Waals surface area contributed by atoms with Crippen molar-refractivity contribution in [2.75, 3.05) is 11.9 Å². The molecule has 0 saturated heterocycles. The summed E-state index contributed by atoms with van der Waals surface area (Å²) in [5, 5.41) is 3.53. The first kappa shape index (κ1) is 9.71. The minimum atomic E-state index is 0.753. The van der Waals surface area contributed by atoms with Gasteiger partial charge >= 0.3 is 0 Å². The molecule has 1 heterocycles. The second kappa shape index (κ2) is 3.82. The fourth-order valence-electron chi connectivity index (χ4n) is 2.74. The second-order valence-corrected chi connectivity index (χ2v) is 5.67. The van der Waals surface area contributed by atoms with Crippen molar-refractivity contribution in [2.24, 2.45) is 5.92 Å². The van der Waals surface area contributed by atoms with E-state index in [0.717, 1.165) is 18.4 Å². The summed E-state index contributed by atoms with van der Waals surface area (Å²) >= 11 is 3.61. The van der Waals surface area contributed by atoms with Crippen LogP contribution in [0.15, 0.2) is 22.7 Å². The first-order valence-electron chi connectivity index (χ1n) is 5.87. The predicted molar refractivity (Wildman–Crippen MR) is 67.3 cm³/mol. The van der Waals surface area contributed by atoms with Crippen LogP contribution < -0.4 is 5.32 Å². The Bertz CT molecular complexity index is 371. The van der Waals surface area contributed by atoms with Gasteiger partial charge in [0, 0.05) is 16.9 Å². The number of halogens is 1. The molecule has 1 N–H and O–H groups in total. The summed E-state index contributed by atoms with van der Waals surface area (Å²) in [5.74, 6) is 1.75. The third-order valence-corrected chi connectivity index (χ3v) is 4.51. The quantitative estimate of drug-likeness (QED) is 0.848. The highest BCUT2D eigenvalue weighted by atomic mass is 79.9. The van der Waals surface area contributed by atoms with Crippen LogP contribution >= 0.6 is 15.9 Å². The molecule has 1 atom stereocenters. The van der Waals surface area contributed by atoms with Crippen LogP contribution in [0.5, 0.6) is 0 Å². The summed E-state index contributed by atoms with van der Waals surface area (Å²) in [4.78, 5) is 0. The van der Waals surface area contributed by atoms with Crippen LogP contribution in [0.4, 0.5) is 5.69 Å². The Hall–Kier alpha value is -0.500. The van der Waals surface area contributed by atoms with Gasteiger partial charge in [0.2, 0.25) is 0 Å². The number of anilines is 1. The van der Waals surface area contributed by atoms with Crippen LogP contribution in [0.1, 0.15) is 37.2 Å². The van der Waals surface area contributed by atoms with Crippen molar-refractivity contribution in [1.82, 2.24) is 0 Å². The Morgan fingerprint density at radius 3 is 2.93 bits per heavy atom. The van der Waals surface area contributed by atoms with Crippen LogP contribution in [-0.4, -0.2) is 6.54 Å². The maximum atomic E-state index is 3.61. The number of hydrogen-bond acceptors (Lipinski definition) is 1. The van der Waals surface area contributed by atoms with Gasteiger partial charge in [0.05, 0.1) is 5.69 Å². The van der Waals surface area contributed by atoms with E-state index in [2.05, 4.69) is 39.4 Å². The van der Waals surface area contributed by atoms with E-state index in [1.54, 1.807) is 0 Å². The second-order valence-electron chi connectivity index (χ2n) is 4.81. The Morgan fingerprint density at radius 1 is 1.33 bits per heavy atom. The zero-order valence-corrected chi connectivity index (χ0v) is 10.4. The molecule has 1 saturated carbocycles. The fourth-order valence-corrected chi connectivity index (χ4v) is 3.27. The SMILES string of the molecule is Brc1cccc2c1NCC2CC1CCC1. The average Bonchev–Trinajstić information content (AvgIpc) is 2.56. The van der Waals surface area contributed by atoms with E-state index < -0.39 is 0 Å². The molecule has 1 aliphatic carbocycles. The Kier molecular flexibility index (Phi) is 2.47. The number of rotatable bonds is 2. The summed E-state index contributed by atoms with van der Waals surface area (Å²) in [6, 6.07) is 6.56. The summed E-state index contributed by atoms with van der Waals surface area (Å²) in [6.45, 7) is 1.13. The van der Waals surface area contributed by atoms with Gasteiger partial charge in [0.25, 0.3) is 0 Å². The maximum Gasteiger partial charge on any atom is 0.0520 e. The molecule has 0 aromatic heterocycles. The molecule has 1 unspecified atom stereocenters. The first-order valence-corrected chi connectivity index (χ1v) is 6.66. The minimum absolute atomic E-state index is 0.753. The van der Waals surface area contributed by atoms with Crippen molar-refractivity contribution in [2.45, 2.75) is 31.6 Å². The van der Waals surface area contributed by atoms with E-state index >= 15 is 0 Å². The molecule has 1 nitrogen and oxygen atoms in total. The number of nitrogens with one attached hydrogen (secondary N) is 1. The summed E-state index contributed by atoms with van der Waals surface area (Å²) < 4.78 is 1.22. The topological polar surface area (TPSA) is 12.0 Å². The monoisotopic (exact) mass is 265 g/mol. The van der Waals surface area contributed by atoms with Crippen molar-refractivity contribution < 1.29 is 0 Å². The van der Waals surface area contributed by atoms with Gasteiger partial charge < -0.3 is 5.32 Å².